The maximum atomic E-state index is 13.2. The average Bonchev–Trinajstić information content (AvgIpc) is 3.11. The topological polar surface area (TPSA) is 89.7 Å². The zero-order chi connectivity index (χ0) is 23.1. The molecule has 0 fully saturated rings. The van der Waals surface area contributed by atoms with E-state index < -0.39 is 0 Å². The number of benzene rings is 1. The molecule has 0 spiro atoms. The average molecular weight is 444 g/mol. The van der Waals surface area contributed by atoms with Crippen molar-refractivity contribution in [1.82, 2.24) is 29.6 Å². The highest BCUT2D eigenvalue weighted by molar-refractivity contribution is 5.77. The Kier molecular flexibility index (Phi) is 5.46. The lowest BCUT2D eigenvalue weighted by Gasteiger charge is -2.18. The van der Waals surface area contributed by atoms with Crippen molar-refractivity contribution in [2.45, 2.75) is 52.6 Å². The first kappa shape index (κ1) is 21.3. The van der Waals surface area contributed by atoms with Crippen LogP contribution < -0.4 is 16.2 Å². The molecule has 1 aromatic carbocycles. The van der Waals surface area contributed by atoms with Crippen LogP contribution in [-0.4, -0.2) is 30.9 Å². The summed E-state index contributed by atoms with van der Waals surface area (Å²) in [6.45, 7) is 10.1. The second-order valence-corrected chi connectivity index (χ2v) is 9.12. The van der Waals surface area contributed by atoms with Crippen LogP contribution in [0.4, 0.5) is 11.6 Å². The monoisotopic (exact) mass is 443 g/mol. The fraction of sp³-hybridized carbons (Fsp3) is 0.360. The molecule has 170 valence electrons. The summed E-state index contributed by atoms with van der Waals surface area (Å²) in [4.78, 5) is 26.9. The van der Waals surface area contributed by atoms with E-state index in [-0.39, 0.29) is 17.5 Å². The third-order valence-corrected chi connectivity index (χ3v) is 6.06. The summed E-state index contributed by atoms with van der Waals surface area (Å²) in [5.41, 5.74) is 5.89. The van der Waals surface area contributed by atoms with Gasteiger partial charge in [0.25, 0.3) is 5.56 Å². The Morgan fingerprint density at radius 1 is 1.06 bits per heavy atom. The van der Waals surface area contributed by atoms with Gasteiger partial charge in [-0.25, -0.2) is 14.3 Å². The van der Waals surface area contributed by atoms with E-state index in [2.05, 4.69) is 52.6 Å². The van der Waals surface area contributed by atoms with Gasteiger partial charge in [-0.3, -0.25) is 9.78 Å². The molecule has 1 aliphatic heterocycles. The standard InChI is InChI=1S/C25H29N7O/c1-15(2)22-12-20(8-10-27-22)32-23-21(24(33)31(32)16(3)4)14-28-25(30-23)29-19-6-5-17-7-9-26-13-18(17)11-19/h5-6,8,10-12,14-16,26H,7,9,13H2,1-4H3,(H,28,29,30). The summed E-state index contributed by atoms with van der Waals surface area (Å²) in [6.07, 6.45) is 4.44. The molecule has 2 N–H and O–H groups in total. The molecule has 0 saturated carbocycles. The van der Waals surface area contributed by atoms with Crippen LogP contribution in [0.1, 0.15) is 56.5 Å². The summed E-state index contributed by atoms with van der Waals surface area (Å²) in [5.74, 6) is 0.732. The van der Waals surface area contributed by atoms with Crippen LogP contribution in [0.15, 0.2) is 47.5 Å². The molecule has 0 aliphatic carbocycles. The number of nitrogens with one attached hydrogen (secondary N) is 2. The zero-order valence-electron chi connectivity index (χ0n) is 19.5. The first-order valence-corrected chi connectivity index (χ1v) is 11.5. The second kappa shape index (κ2) is 8.44. The third kappa shape index (κ3) is 3.91. The first-order valence-electron chi connectivity index (χ1n) is 11.5. The lowest BCUT2D eigenvalue weighted by Crippen LogP contribution is -2.24. The predicted octanol–water partition coefficient (Wildman–Crippen LogP) is 4.07. The molecule has 33 heavy (non-hydrogen) atoms. The molecule has 4 aromatic rings. The number of rotatable bonds is 5. The smallest absolute Gasteiger partial charge is 0.278 e. The van der Waals surface area contributed by atoms with Gasteiger partial charge < -0.3 is 10.6 Å². The minimum Gasteiger partial charge on any atom is -0.324 e. The molecule has 0 amide bonds. The molecule has 0 saturated heterocycles. The van der Waals surface area contributed by atoms with Crippen molar-refractivity contribution in [3.8, 4) is 5.69 Å². The molecular formula is C25H29N7O. The fourth-order valence-corrected chi connectivity index (χ4v) is 4.35. The molecule has 8 nitrogen and oxygen atoms in total. The Labute approximate surface area is 192 Å². The van der Waals surface area contributed by atoms with Crippen LogP contribution in [0.5, 0.6) is 0 Å². The molecule has 0 unspecified atom stereocenters. The van der Waals surface area contributed by atoms with E-state index in [0.717, 1.165) is 36.6 Å². The van der Waals surface area contributed by atoms with Crippen molar-refractivity contribution in [3.63, 3.8) is 0 Å². The van der Waals surface area contributed by atoms with Crippen molar-refractivity contribution in [2.75, 3.05) is 11.9 Å². The first-order chi connectivity index (χ1) is 15.9. The van der Waals surface area contributed by atoms with Crippen molar-refractivity contribution >= 4 is 22.7 Å². The highest BCUT2D eigenvalue weighted by Gasteiger charge is 2.20. The van der Waals surface area contributed by atoms with Crippen molar-refractivity contribution in [3.05, 3.63) is 69.9 Å². The van der Waals surface area contributed by atoms with E-state index in [4.69, 9.17) is 4.98 Å². The summed E-state index contributed by atoms with van der Waals surface area (Å²) < 4.78 is 3.62. The van der Waals surface area contributed by atoms with Gasteiger partial charge in [0.2, 0.25) is 5.95 Å². The molecule has 4 heterocycles. The predicted molar refractivity (Wildman–Crippen MR) is 131 cm³/mol. The maximum absolute atomic E-state index is 13.2. The van der Waals surface area contributed by atoms with Crippen LogP contribution >= 0.6 is 0 Å². The van der Waals surface area contributed by atoms with Gasteiger partial charge in [0.1, 0.15) is 5.39 Å². The normalized spacial score (nSPS) is 13.6. The second-order valence-electron chi connectivity index (χ2n) is 9.12. The molecular weight excluding hydrogens is 414 g/mol. The summed E-state index contributed by atoms with van der Waals surface area (Å²) in [5, 5.41) is 7.23. The molecule has 1 aliphatic rings. The zero-order valence-corrected chi connectivity index (χ0v) is 19.5. The van der Waals surface area contributed by atoms with Crippen LogP contribution in [-0.2, 0) is 13.0 Å². The van der Waals surface area contributed by atoms with E-state index in [0.29, 0.717) is 17.0 Å². The van der Waals surface area contributed by atoms with E-state index in [1.54, 1.807) is 17.1 Å². The Morgan fingerprint density at radius 2 is 1.91 bits per heavy atom. The largest absolute Gasteiger partial charge is 0.324 e. The van der Waals surface area contributed by atoms with Gasteiger partial charge in [0.05, 0.1) is 5.69 Å². The Morgan fingerprint density at radius 3 is 2.70 bits per heavy atom. The van der Waals surface area contributed by atoms with E-state index >= 15 is 0 Å². The van der Waals surface area contributed by atoms with Gasteiger partial charge in [0, 0.05) is 36.4 Å². The lowest BCUT2D eigenvalue weighted by atomic mass is 10.0. The number of anilines is 2. The Hall–Kier alpha value is -3.52. The number of hydrogen-bond acceptors (Lipinski definition) is 6. The number of nitrogens with zero attached hydrogens (tertiary/aromatic N) is 5. The summed E-state index contributed by atoms with van der Waals surface area (Å²) in [7, 11) is 0. The van der Waals surface area contributed by atoms with Crippen molar-refractivity contribution < 1.29 is 0 Å². The van der Waals surface area contributed by atoms with Gasteiger partial charge in [-0.2, -0.15) is 4.98 Å². The van der Waals surface area contributed by atoms with Crippen LogP contribution in [0.2, 0.25) is 0 Å². The van der Waals surface area contributed by atoms with Crippen LogP contribution in [0.25, 0.3) is 16.7 Å². The number of fused-ring (bicyclic) bond motifs is 2. The summed E-state index contributed by atoms with van der Waals surface area (Å²) >= 11 is 0. The van der Waals surface area contributed by atoms with Crippen LogP contribution in [0.3, 0.4) is 0 Å². The maximum Gasteiger partial charge on any atom is 0.278 e. The van der Waals surface area contributed by atoms with Crippen LogP contribution in [0, 0.1) is 0 Å². The molecule has 8 heteroatoms. The highest BCUT2D eigenvalue weighted by atomic mass is 16.1. The quantitative estimate of drug-likeness (QED) is 0.483. The van der Waals surface area contributed by atoms with Crippen molar-refractivity contribution in [1.29, 1.82) is 0 Å². The lowest BCUT2D eigenvalue weighted by molar-refractivity contribution is 0.475. The minimum absolute atomic E-state index is 0.0491. The van der Waals surface area contributed by atoms with Gasteiger partial charge in [-0.05, 0) is 68.1 Å². The van der Waals surface area contributed by atoms with Gasteiger partial charge in [0.15, 0.2) is 5.65 Å². The van der Waals surface area contributed by atoms with Crippen molar-refractivity contribution in [2.24, 2.45) is 0 Å². The SMILES string of the molecule is CC(C)c1cc(-n2c3nc(Nc4ccc5c(c4)CNCC5)ncc3c(=O)n2C(C)C)ccn1. The highest BCUT2D eigenvalue weighted by Crippen LogP contribution is 2.24. The third-order valence-electron chi connectivity index (χ3n) is 6.06. The molecule has 0 radical (unpaired) electrons. The van der Waals surface area contributed by atoms with Gasteiger partial charge in [-0.1, -0.05) is 19.9 Å². The molecule has 3 aromatic heterocycles. The summed E-state index contributed by atoms with van der Waals surface area (Å²) in [6, 6.07) is 10.2. The van der Waals surface area contributed by atoms with E-state index in [1.165, 1.54) is 11.1 Å². The number of aromatic nitrogens is 5. The molecule has 0 atom stereocenters. The van der Waals surface area contributed by atoms with Gasteiger partial charge in [-0.15, -0.1) is 0 Å². The van der Waals surface area contributed by atoms with Gasteiger partial charge >= 0.3 is 0 Å². The fourth-order valence-electron chi connectivity index (χ4n) is 4.35. The molecule has 0 bridgehead atoms. The molecule has 5 rings (SSSR count). The van der Waals surface area contributed by atoms with E-state index in [1.807, 2.05) is 30.7 Å². The number of pyridine rings is 1. The Balaban J connectivity index is 1.62. The Bertz CT molecular complexity index is 1380. The van der Waals surface area contributed by atoms with E-state index in [9.17, 15) is 4.79 Å². The minimum atomic E-state index is -0.102. The number of hydrogen-bond donors (Lipinski definition) is 2.